The molecule has 2 rings (SSSR count). The van der Waals surface area contributed by atoms with E-state index in [-0.39, 0.29) is 0 Å². The van der Waals surface area contributed by atoms with Crippen molar-refractivity contribution < 1.29 is 0 Å². The van der Waals surface area contributed by atoms with Gasteiger partial charge in [0.25, 0.3) is 0 Å². The number of benzene rings is 1. The van der Waals surface area contributed by atoms with E-state index in [1.165, 1.54) is 12.0 Å². The molecule has 1 N–H and O–H groups in total. The Morgan fingerprint density at radius 1 is 1.28 bits per heavy atom. The molecule has 96 valence electrons. The zero-order chi connectivity index (χ0) is 12.6. The van der Waals surface area contributed by atoms with Gasteiger partial charge < -0.3 is 5.32 Å². The summed E-state index contributed by atoms with van der Waals surface area (Å²) < 4.78 is 1.85. The molecule has 18 heavy (non-hydrogen) atoms. The Kier molecular flexibility index (Phi) is 4.90. The molecule has 1 aromatic carbocycles. The van der Waals surface area contributed by atoms with Crippen LogP contribution in [0.2, 0.25) is 0 Å². The molecule has 1 aromatic heterocycles. The highest BCUT2D eigenvalue weighted by Crippen LogP contribution is 2.17. The van der Waals surface area contributed by atoms with Gasteiger partial charge in [-0.15, -0.1) is 5.10 Å². The summed E-state index contributed by atoms with van der Waals surface area (Å²) in [6.45, 7) is 3.98. The molecule has 0 aliphatic rings. The van der Waals surface area contributed by atoms with Crippen molar-refractivity contribution in [1.29, 1.82) is 0 Å². The number of aromatic nitrogens is 3. The van der Waals surface area contributed by atoms with Crippen LogP contribution in [0.5, 0.6) is 0 Å². The quantitative estimate of drug-likeness (QED) is 0.813. The third kappa shape index (κ3) is 3.67. The number of nitrogens with one attached hydrogen (secondary N) is 1. The van der Waals surface area contributed by atoms with Gasteiger partial charge in [0.1, 0.15) is 0 Å². The summed E-state index contributed by atoms with van der Waals surface area (Å²) in [4.78, 5) is 0. The minimum Gasteiger partial charge on any atom is -0.308 e. The van der Waals surface area contributed by atoms with Gasteiger partial charge in [-0.05, 0) is 12.0 Å². The van der Waals surface area contributed by atoms with Crippen LogP contribution >= 0.6 is 0 Å². The van der Waals surface area contributed by atoms with Gasteiger partial charge in [0, 0.05) is 18.8 Å². The van der Waals surface area contributed by atoms with Gasteiger partial charge in [0.2, 0.25) is 0 Å². The highest BCUT2D eigenvalue weighted by atomic mass is 15.4. The lowest BCUT2D eigenvalue weighted by molar-refractivity contribution is 0.457. The molecule has 0 bridgehead atoms. The second kappa shape index (κ2) is 6.91. The lowest BCUT2D eigenvalue weighted by Crippen LogP contribution is -2.25. The summed E-state index contributed by atoms with van der Waals surface area (Å²) in [6.07, 6.45) is 5.93. The largest absolute Gasteiger partial charge is 0.308 e. The van der Waals surface area contributed by atoms with E-state index in [0.717, 1.165) is 19.5 Å². The van der Waals surface area contributed by atoms with E-state index >= 15 is 0 Å². The van der Waals surface area contributed by atoms with Crippen molar-refractivity contribution in [2.24, 2.45) is 0 Å². The predicted molar refractivity (Wildman–Crippen MR) is 72.1 cm³/mol. The van der Waals surface area contributed by atoms with Crippen molar-refractivity contribution in [2.45, 2.75) is 32.4 Å². The maximum atomic E-state index is 3.96. The van der Waals surface area contributed by atoms with Crippen LogP contribution < -0.4 is 5.32 Å². The first-order valence-corrected chi connectivity index (χ1v) is 6.52. The Labute approximate surface area is 108 Å². The molecule has 0 aliphatic heterocycles. The van der Waals surface area contributed by atoms with Gasteiger partial charge in [0.05, 0.1) is 12.7 Å². The highest BCUT2D eigenvalue weighted by Gasteiger charge is 2.08. The first-order chi connectivity index (χ1) is 8.90. The molecular formula is C14H20N4. The van der Waals surface area contributed by atoms with Crippen molar-refractivity contribution >= 4 is 0 Å². The molecule has 0 aliphatic carbocycles. The Morgan fingerprint density at radius 2 is 2.11 bits per heavy atom. The van der Waals surface area contributed by atoms with Crippen LogP contribution in [0.3, 0.4) is 0 Å². The Hall–Kier alpha value is -1.68. The smallest absolute Gasteiger partial charge is 0.0692 e. The molecule has 2 aromatic rings. The van der Waals surface area contributed by atoms with E-state index in [4.69, 9.17) is 0 Å². The van der Waals surface area contributed by atoms with E-state index in [9.17, 15) is 0 Å². The van der Waals surface area contributed by atoms with Crippen LogP contribution in [-0.2, 0) is 6.54 Å². The molecule has 0 saturated carbocycles. The second-order valence-electron chi connectivity index (χ2n) is 4.37. The Bertz CT molecular complexity index is 424. The van der Waals surface area contributed by atoms with Crippen LogP contribution in [0.15, 0.2) is 42.7 Å². The minimum atomic E-state index is 0.430. The number of nitrogens with zero attached hydrogens (tertiary/aromatic N) is 3. The van der Waals surface area contributed by atoms with Crippen molar-refractivity contribution in [3.63, 3.8) is 0 Å². The lowest BCUT2D eigenvalue weighted by atomic mass is 10.0. The molecular weight excluding hydrogens is 224 g/mol. The fourth-order valence-corrected chi connectivity index (χ4v) is 2.07. The SMILES string of the molecule is CCCC(NCCn1ccnn1)c1ccccc1. The van der Waals surface area contributed by atoms with E-state index < -0.39 is 0 Å². The third-order valence-electron chi connectivity index (χ3n) is 2.98. The normalized spacial score (nSPS) is 12.5. The van der Waals surface area contributed by atoms with Crippen LogP contribution in [-0.4, -0.2) is 21.5 Å². The standard InChI is InChI=1S/C14H20N4/c1-2-6-14(13-7-4-3-5-8-13)15-9-11-18-12-10-16-17-18/h3-5,7-8,10,12,14-15H,2,6,9,11H2,1H3. The minimum absolute atomic E-state index is 0.430. The predicted octanol–water partition coefficient (Wildman–Crippen LogP) is 2.41. The van der Waals surface area contributed by atoms with Crippen molar-refractivity contribution in [3.05, 3.63) is 48.3 Å². The topological polar surface area (TPSA) is 42.7 Å². The maximum absolute atomic E-state index is 3.96. The summed E-state index contributed by atoms with van der Waals surface area (Å²) in [5, 5.41) is 11.3. The Balaban J connectivity index is 1.87. The third-order valence-corrected chi connectivity index (χ3v) is 2.98. The summed E-state index contributed by atoms with van der Waals surface area (Å²) in [5.74, 6) is 0. The molecule has 0 radical (unpaired) electrons. The van der Waals surface area contributed by atoms with Crippen molar-refractivity contribution in [1.82, 2.24) is 20.3 Å². The molecule has 4 heteroatoms. The van der Waals surface area contributed by atoms with Crippen molar-refractivity contribution in [3.8, 4) is 0 Å². The molecule has 0 amide bonds. The molecule has 0 saturated heterocycles. The van der Waals surface area contributed by atoms with E-state index in [0.29, 0.717) is 6.04 Å². The lowest BCUT2D eigenvalue weighted by Gasteiger charge is -2.18. The Morgan fingerprint density at radius 3 is 2.78 bits per heavy atom. The number of rotatable bonds is 7. The first-order valence-electron chi connectivity index (χ1n) is 6.52. The number of hydrogen-bond donors (Lipinski definition) is 1. The van der Waals surface area contributed by atoms with E-state index in [2.05, 4.69) is 52.9 Å². The maximum Gasteiger partial charge on any atom is 0.0692 e. The summed E-state index contributed by atoms with van der Waals surface area (Å²) in [5.41, 5.74) is 1.36. The van der Waals surface area contributed by atoms with Crippen LogP contribution in [0, 0.1) is 0 Å². The van der Waals surface area contributed by atoms with Crippen LogP contribution in [0.4, 0.5) is 0 Å². The van der Waals surface area contributed by atoms with Gasteiger partial charge in [-0.2, -0.15) is 0 Å². The fourth-order valence-electron chi connectivity index (χ4n) is 2.07. The zero-order valence-corrected chi connectivity index (χ0v) is 10.8. The molecule has 4 nitrogen and oxygen atoms in total. The van der Waals surface area contributed by atoms with Gasteiger partial charge in [-0.1, -0.05) is 48.9 Å². The highest BCUT2D eigenvalue weighted by molar-refractivity contribution is 5.18. The van der Waals surface area contributed by atoms with E-state index in [1.807, 2.05) is 10.9 Å². The molecule has 1 atom stereocenters. The summed E-state index contributed by atoms with van der Waals surface area (Å²) in [7, 11) is 0. The molecule has 0 spiro atoms. The zero-order valence-electron chi connectivity index (χ0n) is 10.8. The van der Waals surface area contributed by atoms with Crippen LogP contribution in [0.25, 0.3) is 0 Å². The fraction of sp³-hybridized carbons (Fsp3) is 0.429. The molecule has 0 fully saturated rings. The van der Waals surface area contributed by atoms with Gasteiger partial charge in [-0.25, -0.2) is 0 Å². The second-order valence-corrected chi connectivity index (χ2v) is 4.37. The molecule has 1 unspecified atom stereocenters. The van der Waals surface area contributed by atoms with Crippen LogP contribution in [0.1, 0.15) is 31.4 Å². The monoisotopic (exact) mass is 244 g/mol. The average Bonchev–Trinajstić information content (AvgIpc) is 2.92. The molecule has 1 heterocycles. The van der Waals surface area contributed by atoms with Gasteiger partial charge >= 0.3 is 0 Å². The first kappa shape index (κ1) is 12.8. The van der Waals surface area contributed by atoms with Gasteiger partial charge in [0.15, 0.2) is 0 Å². The van der Waals surface area contributed by atoms with Crippen molar-refractivity contribution in [2.75, 3.05) is 6.54 Å². The number of hydrogen-bond acceptors (Lipinski definition) is 3. The van der Waals surface area contributed by atoms with E-state index in [1.54, 1.807) is 6.20 Å². The van der Waals surface area contributed by atoms with Gasteiger partial charge in [-0.3, -0.25) is 4.68 Å². The summed E-state index contributed by atoms with van der Waals surface area (Å²) in [6, 6.07) is 11.0. The summed E-state index contributed by atoms with van der Waals surface area (Å²) >= 11 is 0. The average molecular weight is 244 g/mol.